The summed E-state index contributed by atoms with van der Waals surface area (Å²) in [4.78, 5) is 29.3. The van der Waals surface area contributed by atoms with Gasteiger partial charge in [0.15, 0.2) is 0 Å². The SMILES string of the molecule is CC(C)CCN1C(=O)c2ccccc2C1Nc1ccc(C(=O)N2CCCC2)cc1. The molecule has 0 saturated carbocycles. The van der Waals surface area contributed by atoms with E-state index >= 15 is 0 Å². The maximum atomic E-state index is 12.9. The standard InChI is InChI=1S/C24H29N3O2/c1-17(2)13-16-27-22(20-7-3-4-8-21(20)24(27)29)25-19-11-9-18(10-12-19)23(28)26-14-5-6-15-26/h3-4,7-12,17,22,25H,5-6,13-16H2,1-2H3. The summed E-state index contributed by atoms with van der Waals surface area (Å²) in [5.41, 5.74) is 3.41. The van der Waals surface area contributed by atoms with E-state index in [-0.39, 0.29) is 18.0 Å². The minimum atomic E-state index is -0.183. The van der Waals surface area contributed by atoms with Crippen LogP contribution in [-0.4, -0.2) is 41.2 Å². The van der Waals surface area contributed by atoms with Crippen molar-refractivity contribution in [3.8, 4) is 0 Å². The fraction of sp³-hybridized carbons (Fsp3) is 0.417. The van der Waals surface area contributed by atoms with Crippen LogP contribution in [0.1, 0.15) is 65.6 Å². The molecule has 29 heavy (non-hydrogen) atoms. The predicted octanol–water partition coefficient (Wildman–Crippen LogP) is 4.54. The third-order valence-electron chi connectivity index (χ3n) is 5.83. The molecule has 0 aromatic heterocycles. The summed E-state index contributed by atoms with van der Waals surface area (Å²) in [5.74, 6) is 0.719. The maximum Gasteiger partial charge on any atom is 0.256 e. The van der Waals surface area contributed by atoms with Gasteiger partial charge in [0.2, 0.25) is 0 Å². The molecule has 4 rings (SSSR count). The molecule has 1 N–H and O–H groups in total. The predicted molar refractivity (Wildman–Crippen MR) is 115 cm³/mol. The first-order valence-electron chi connectivity index (χ1n) is 10.6. The molecule has 5 heteroatoms. The van der Waals surface area contributed by atoms with Crippen molar-refractivity contribution < 1.29 is 9.59 Å². The number of fused-ring (bicyclic) bond motifs is 1. The van der Waals surface area contributed by atoms with E-state index < -0.39 is 0 Å². The third-order valence-corrected chi connectivity index (χ3v) is 5.83. The van der Waals surface area contributed by atoms with Crippen LogP contribution >= 0.6 is 0 Å². The highest BCUT2D eigenvalue weighted by Crippen LogP contribution is 2.34. The van der Waals surface area contributed by atoms with E-state index in [0.29, 0.717) is 12.5 Å². The summed E-state index contributed by atoms with van der Waals surface area (Å²) >= 11 is 0. The second-order valence-corrected chi connectivity index (χ2v) is 8.39. The van der Waals surface area contributed by atoms with Crippen molar-refractivity contribution >= 4 is 17.5 Å². The quantitative estimate of drug-likeness (QED) is 0.787. The van der Waals surface area contributed by atoms with E-state index in [9.17, 15) is 9.59 Å². The van der Waals surface area contributed by atoms with Gasteiger partial charge in [0.25, 0.3) is 11.8 Å². The number of benzene rings is 2. The Morgan fingerprint density at radius 1 is 1.07 bits per heavy atom. The summed E-state index contributed by atoms with van der Waals surface area (Å²) in [7, 11) is 0. The van der Waals surface area contributed by atoms with Gasteiger partial charge in [0.05, 0.1) is 0 Å². The van der Waals surface area contributed by atoms with Crippen LogP contribution in [0.5, 0.6) is 0 Å². The van der Waals surface area contributed by atoms with Crippen molar-refractivity contribution in [3.63, 3.8) is 0 Å². The van der Waals surface area contributed by atoms with Crippen molar-refractivity contribution in [3.05, 3.63) is 65.2 Å². The van der Waals surface area contributed by atoms with Crippen LogP contribution in [-0.2, 0) is 0 Å². The fourth-order valence-corrected chi connectivity index (χ4v) is 4.12. The molecule has 2 amide bonds. The molecule has 0 spiro atoms. The number of nitrogens with zero attached hydrogens (tertiary/aromatic N) is 2. The van der Waals surface area contributed by atoms with Gasteiger partial charge < -0.3 is 15.1 Å². The third kappa shape index (κ3) is 4.00. The Morgan fingerprint density at radius 2 is 1.76 bits per heavy atom. The maximum absolute atomic E-state index is 12.9. The Morgan fingerprint density at radius 3 is 2.45 bits per heavy atom. The molecule has 2 aromatic rings. The summed E-state index contributed by atoms with van der Waals surface area (Å²) < 4.78 is 0. The first kappa shape index (κ1) is 19.5. The van der Waals surface area contributed by atoms with E-state index in [2.05, 4.69) is 19.2 Å². The topological polar surface area (TPSA) is 52.7 Å². The molecule has 2 aliphatic rings. The van der Waals surface area contributed by atoms with Crippen LogP contribution in [0.25, 0.3) is 0 Å². The number of hydrogen-bond donors (Lipinski definition) is 1. The van der Waals surface area contributed by atoms with Crippen LogP contribution < -0.4 is 5.32 Å². The van der Waals surface area contributed by atoms with Crippen LogP contribution in [0, 0.1) is 5.92 Å². The Kier molecular flexibility index (Phi) is 5.56. The number of amides is 2. The second-order valence-electron chi connectivity index (χ2n) is 8.39. The van der Waals surface area contributed by atoms with E-state index in [0.717, 1.165) is 54.7 Å². The van der Waals surface area contributed by atoms with Crippen molar-refractivity contribution in [2.75, 3.05) is 25.0 Å². The number of carbonyl (C=O) groups excluding carboxylic acids is 2. The van der Waals surface area contributed by atoms with Crippen molar-refractivity contribution in [2.24, 2.45) is 5.92 Å². The minimum Gasteiger partial charge on any atom is -0.361 e. The van der Waals surface area contributed by atoms with Gasteiger partial charge >= 0.3 is 0 Å². The van der Waals surface area contributed by atoms with Crippen molar-refractivity contribution in [2.45, 2.75) is 39.3 Å². The average Bonchev–Trinajstić information content (AvgIpc) is 3.35. The lowest BCUT2D eigenvalue weighted by atomic mass is 10.1. The summed E-state index contributed by atoms with van der Waals surface area (Å²) in [6, 6.07) is 15.5. The number of anilines is 1. The van der Waals surface area contributed by atoms with Gasteiger partial charge in [0, 0.05) is 42.0 Å². The molecule has 0 radical (unpaired) electrons. The Hall–Kier alpha value is -2.82. The van der Waals surface area contributed by atoms with Crippen LogP contribution in [0.3, 0.4) is 0 Å². The highest BCUT2D eigenvalue weighted by Gasteiger charge is 2.36. The molecule has 1 fully saturated rings. The zero-order valence-electron chi connectivity index (χ0n) is 17.2. The molecule has 2 aromatic carbocycles. The van der Waals surface area contributed by atoms with Crippen molar-refractivity contribution in [1.82, 2.24) is 9.80 Å². The van der Waals surface area contributed by atoms with Gasteiger partial charge in [0.1, 0.15) is 6.17 Å². The smallest absolute Gasteiger partial charge is 0.256 e. The van der Waals surface area contributed by atoms with E-state index in [1.54, 1.807) is 0 Å². The molecule has 0 bridgehead atoms. The largest absolute Gasteiger partial charge is 0.361 e. The number of carbonyl (C=O) groups is 2. The van der Waals surface area contributed by atoms with E-state index in [1.165, 1.54) is 0 Å². The minimum absolute atomic E-state index is 0.0829. The Bertz CT molecular complexity index is 885. The molecular weight excluding hydrogens is 362 g/mol. The lowest BCUT2D eigenvalue weighted by Gasteiger charge is -2.28. The summed E-state index contributed by atoms with van der Waals surface area (Å²) in [5, 5.41) is 3.52. The van der Waals surface area contributed by atoms with Gasteiger partial charge in [-0.2, -0.15) is 0 Å². The first-order valence-corrected chi connectivity index (χ1v) is 10.6. The first-order chi connectivity index (χ1) is 14.0. The van der Waals surface area contributed by atoms with Crippen LogP contribution in [0.4, 0.5) is 5.69 Å². The zero-order valence-corrected chi connectivity index (χ0v) is 17.2. The monoisotopic (exact) mass is 391 g/mol. The van der Waals surface area contributed by atoms with E-state index in [1.807, 2.05) is 58.3 Å². The molecule has 2 aliphatic heterocycles. The number of hydrogen-bond acceptors (Lipinski definition) is 3. The molecule has 1 atom stereocenters. The van der Waals surface area contributed by atoms with Crippen LogP contribution in [0.2, 0.25) is 0 Å². The summed E-state index contributed by atoms with van der Waals surface area (Å²) in [6.07, 6.45) is 2.96. The molecule has 5 nitrogen and oxygen atoms in total. The lowest BCUT2D eigenvalue weighted by molar-refractivity contribution is 0.0734. The highest BCUT2D eigenvalue weighted by atomic mass is 16.2. The molecular formula is C24H29N3O2. The molecule has 1 unspecified atom stereocenters. The zero-order chi connectivity index (χ0) is 20.4. The van der Waals surface area contributed by atoms with Crippen LogP contribution in [0.15, 0.2) is 48.5 Å². The molecule has 152 valence electrons. The normalized spacial score (nSPS) is 18.4. The molecule has 1 saturated heterocycles. The molecule has 0 aliphatic carbocycles. The number of nitrogens with one attached hydrogen (secondary N) is 1. The Labute approximate surface area is 172 Å². The van der Waals surface area contributed by atoms with Gasteiger partial charge in [-0.25, -0.2) is 0 Å². The van der Waals surface area contributed by atoms with Gasteiger partial charge in [-0.1, -0.05) is 32.0 Å². The summed E-state index contributed by atoms with van der Waals surface area (Å²) in [6.45, 7) is 6.77. The lowest BCUT2D eigenvalue weighted by Crippen LogP contribution is -2.33. The fourth-order valence-electron chi connectivity index (χ4n) is 4.12. The van der Waals surface area contributed by atoms with Gasteiger partial charge in [-0.15, -0.1) is 0 Å². The van der Waals surface area contributed by atoms with Crippen molar-refractivity contribution in [1.29, 1.82) is 0 Å². The van der Waals surface area contributed by atoms with E-state index in [4.69, 9.17) is 0 Å². The van der Waals surface area contributed by atoms with Gasteiger partial charge in [-0.3, -0.25) is 9.59 Å². The second kappa shape index (κ2) is 8.27. The van der Waals surface area contributed by atoms with Gasteiger partial charge in [-0.05, 0) is 55.5 Å². The number of rotatable bonds is 6. The average molecular weight is 392 g/mol. The highest BCUT2D eigenvalue weighted by molar-refractivity contribution is 5.99. The molecule has 2 heterocycles. The Balaban J connectivity index is 1.53. The number of likely N-dealkylation sites (tertiary alicyclic amines) is 1.